The summed E-state index contributed by atoms with van der Waals surface area (Å²) in [5, 5.41) is 17.3. The molecule has 3 aromatic heterocycles. The Hall–Kier alpha value is -4.50. The first-order valence-corrected chi connectivity index (χ1v) is 10.4. The van der Waals surface area contributed by atoms with Gasteiger partial charge < -0.3 is 9.88 Å². The van der Waals surface area contributed by atoms with Crippen molar-refractivity contribution in [1.29, 1.82) is 0 Å². The number of hydrogen-bond acceptors (Lipinski definition) is 6. The van der Waals surface area contributed by atoms with Gasteiger partial charge in [0, 0.05) is 36.1 Å². The minimum Gasteiger partial charge on any atom is -0.328 e. The van der Waals surface area contributed by atoms with Crippen LogP contribution in [-0.4, -0.2) is 35.4 Å². The van der Waals surface area contributed by atoms with Crippen LogP contribution >= 0.6 is 0 Å². The number of rotatable bonds is 7. The maximum atomic E-state index is 11.4. The second kappa shape index (κ2) is 8.93. The van der Waals surface area contributed by atoms with E-state index in [-0.39, 0.29) is 0 Å². The zero-order chi connectivity index (χ0) is 22.6. The molecule has 9 heteroatoms. The van der Waals surface area contributed by atoms with E-state index in [1.54, 1.807) is 34.7 Å². The Bertz CT molecular complexity index is 1390. The quantitative estimate of drug-likeness (QED) is 0.264. The van der Waals surface area contributed by atoms with Gasteiger partial charge >= 0.3 is 0 Å². The lowest BCUT2D eigenvalue weighted by atomic mass is 10.1. The molecule has 0 saturated carbocycles. The van der Waals surface area contributed by atoms with Crippen LogP contribution < -0.4 is 10.8 Å². The molecule has 5 rings (SSSR count). The molecule has 0 aliphatic heterocycles. The summed E-state index contributed by atoms with van der Waals surface area (Å²) in [6.45, 7) is 1.26. The van der Waals surface area contributed by atoms with Gasteiger partial charge in [-0.05, 0) is 29.3 Å². The topological polar surface area (TPSA) is 110 Å². The third-order valence-corrected chi connectivity index (χ3v) is 5.25. The monoisotopic (exact) mass is 439 g/mol. The van der Waals surface area contributed by atoms with E-state index in [0.29, 0.717) is 18.1 Å². The molecule has 9 nitrogen and oxygen atoms in total. The number of fused-ring (bicyclic) bond motifs is 1. The van der Waals surface area contributed by atoms with E-state index in [1.807, 2.05) is 48.8 Å². The second-order valence-electron chi connectivity index (χ2n) is 7.59. The van der Waals surface area contributed by atoms with Crippen LogP contribution in [0.15, 0.2) is 85.5 Å². The zero-order valence-electron chi connectivity index (χ0n) is 17.6. The molecule has 5 aromatic rings. The van der Waals surface area contributed by atoms with E-state index in [2.05, 4.69) is 32.1 Å². The highest BCUT2D eigenvalue weighted by Crippen LogP contribution is 2.19. The average Bonchev–Trinajstić information content (AvgIpc) is 3.46. The van der Waals surface area contributed by atoms with Gasteiger partial charge in [-0.25, -0.2) is 10.5 Å². The first-order valence-electron chi connectivity index (χ1n) is 10.4. The molecule has 3 N–H and O–H groups in total. The van der Waals surface area contributed by atoms with Crippen LogP contribution in [0.25, 0.3) is 11.0 Å². The highest BCUT2D eigenvalue weighted by atomic mass is 16.5. The van der Waals surface area contributed by atoms with Crippen LogP contribution in [0.5, 0.6) is 0 Å². The van der Waals surface area contributed by atoms with E-state index < -0.39 is 5.91 Å². The number of amides is 1. The summed E-state index contributed by atoms with van der Waals surface area (Å²) >= 11 is 0. The van der Waals surface area contributed by atoms with Gasteiger partial charge in [-0.2, -0.15) is 10.1 Å². The Balaban J connectivity index is 1.29. The van der Waals surface area contributed by atoms with Crippen LogP contribution in [0.2, 0.25) is 0 Å². The Kier molecular flexibility index (Phi) is 5.52. The lowest BCUT2D eigenvalue weighted by molar-refractivity contribution is 0.0706. The molecular weight excluding hydrogens is 418 g/mol. The number of nitrogens with one attached hydrogen (secondary N) is 2. The zero-order valence-corrected chi connectivity index (χ0v) is 17.6. The molecule has 33 heavy (non-hydrogen) atoms. The Labute approximate surface area is 189 Å². The molecule has 0 atom stereocenters. The average molecular weight is 439 g/mol. The van der Waals surface area contributed by atoms with Crippen LogP contribution in [-0.2, 0) is 13.1 Å². The van der Waals surface area contributed by atoms with Crippen LogP contribution in [0, 0.1) is 0 Å². The highest BCUT2D eigenvalue weighted by molar-refractivity contribution is 5.93. The van der Waals surface area contributed by atoms with E-state index in [4.69, 9.17) is 10.2 Å². The minimum absolute atomic E-state index is 0.383. The highest BCUT2D eigenvalue weighted by Gasteiger charge is 2.08. The molecule has 0 spiro atoms. The predicted octanol–water partition coefficient (Wildman–Crippen LogP) is 3.59. The van der Waals surface area contributed by atoms with Gasteiger partial charge in [-0.1, -0.05) is 42.5 Å². The van der Waals surface area contributed by atoms with Gasteiger partial charge in [0.25, 0.3) is 5.91 Å². The fourth-order valence-electron chi connectivity index (χ4n) is 3.60. The molecule has 0 fully saturated rings. The van der Waals surface area contributed by atoms with Crippen LogP contribution in [0.4, 0.5) is 11.6 Å². The third-order valence-electron chi connectivity index (χ3n) is 5.25. The van der Waals surface area contributed by atoms with E-state index in [1.165, 1.54) is 5.56 Å². The predicted molar refractivity (Wildman–Crippen MR) is 123 cm³/mol. The van der Waals surface area contributed by atoms with Gasteiger partial charge in [0.2, 0.25) is 5.95 Å². The standard InChI is InChI=1S/C24H21N7O2/c32-23(29-33)19-8-6-18(7-9-19)15-31-16-21(13-26-31)27-24-25-12-20-10-11-30(22(20)28-24)14-17-4-2-1-3-5-17/h1-13,16,33H,14-15H2,(H,29,32)(H,25,27,28). The molecule has 164 valence electrons. The number of benzene rings is 2. The lowest BCUT2D eigenvalue weighted by Gasteiger charge is -2.07. The van der Waals surface area contributed by atoms with E-state index >= 15 is 0 Å². The number of carbonyl (C=O) groups excluding carboxylic acids is 1. The number of nitrogens with zero attached hydrogens (tertiary/aromatic N) is 5. The number of carbonyl (C=O) groups is 1. The summed E-state index contributed by atoms with van der Waals surface area (Å²) in [6, 6.07) is 19.2. The van der Waals surface area contributed by atoms with Crippen molar-refractivity contribution in [3.8, 4) is 0 Å². The summed E-state index contributed by atoms with van der Waals surface area (Å²) in [5.41, 5.74) is 5.81. The molecule has 3 heterocycles. The van der Waals surface area contributed by atoms with Gasteiger partial charge in [0.1, 0.15) is 5.65 Å². The SMILES string of the molecule is O=C(NO)c1ccc(Cn2cc(Nc3ncc4ccn(Cc5ccccc5)c4n3)cn2)cc1. The number of hydroxylamine groups is 1. The number of aromatic nitrogens is 5. The van der Waals surface area contributed by atoms with Crippen molar-refractivity contribution >= 4 is 28.6 Å². The maximum Gasteiger partial charge on any atom is 0.274 e. The first kappa shape index (κ1) is 20.4. The molecule has 1 amide bonds. The Morgan fingerprint density at radius 2 is 1.73 bits per heavy atom. The fraction of sp³-hybridized carbons (Fsp3) is 0.0833. The molecule has 0 unspecified atom stereocenters. The summed E-state index contributed by atoms with van der Waals surface area (Å²) in [7, 11) is 0. The van der Waals surface area contributed by atoms with Gasteiger partial charge in [0.15, 0.2) is 0 Å². The lowest BCUT2D eigenvalue weighted by Crippen LogP contribution is -2.18. The molecule has 0 radical (unpaired) electrons. The maximum absolute atomic E-state index is 11.4. The summed E-state index contributed by atoms with van der Waals surface area (Å²) in [6.07, 6.45) is 7.40. The van der Waals surface area contributed by atoms with Crippen molar-refractivity contribution in [2.75, 3.05) is 5.32 Å². The van der Waals surface area contributed by atoms with Crippen LogP contribution in [0.1, 0.15) is 21.5 Å². The minimum atomic E-state index is -0.543. The van der Waals surface area contributed by atoms with E-state index in [0.717, 1.165) is 28.8 Å². The Morgan fingerprint density at radius 3 is 2.52 bits per heavy atom. The third kappa shape index (κ3) is 4.58. The number of anilines is 2. The van der Waals surface area contributed by atoms with Crippen LogP contribution in [0.3, 0.4) is 0 Å². The van der Waals surface area contributed by atoms with E-state index in [9.17, 15) is 4.79 Å². The molecule has 2 aromatic carbocycles. The molecule has 0 saturated heterocycles. The van der Waals surface area contributed by atoms with Crippen molar-refractivity contribution in [2.24, 2.45) is 0 Å². The van der Waals surface area contributed by atoms with Crippen molar-refractivity contribution < 1.29 is 10.0 Å². The summed E-state index contributed by atoms with van der Waals surface area (Å²) in [5.74, 6) is -0.0477. The van der Waals surface area contributed by atoms with Gasteiger partial charge in [0.05, 0.1) is 18.4 Å². The second-order valence-corrected chi connectivity index (χ2v) is 7.59. The van der Waals surface area contributed by atoms with Crippen molar-refractivity contribution in [3.05, 3.63) is 102 Å². The molecular formula is C24H21N7O2. The summed E-state index contributed by atoms with van der Waals surface area (Å²) in [4.78, 5) is 20.6. The summed E-state index contributed by atoms with van der Waals surface area (Å²) < 4.78 is 3.88. The Morgan fingerprint density at radius 1 is 0.939 bits per heavy atom. The first-order chi connectivity index (χ1) is 16.2. The van der Waals surface area contributed by atoms with Crippen molar-refractivity contribution in [2.45, 2.75) is 13.1 Å². The fourth-order valence-corrected chi connectivity index (χ4v) is 3.60. The normalized spacial score (nSPS) is 10.9. The molecule has 0 aliphatic carbocycles. The van der Waals surface area contributed by atoms with Gasteiger partial charge in [-0.15, -0.1) is 0 Å². The van der Waals surface area contributed by atoms with Crippen molar-refractivity contribution in [1.82, 2.24) is 29.8 Å². The molecule has 0 bridgehead atoms. The number of hydrogen-bond donors (Lipinski definition) is 3. The smallest absolute Gasteiger partial charge is 0.274 e. The molecule has 0 aliphatic rings. The van der Waals surface area contributed by atoms with Crippen molar-refractivity contribution in [3.63, 3.8) is 0 Å². The largest absolute Gasteiger partial charge is 0.328 e. The van der Waals surface area contributed by atoms with Gasteiger partial charge in [-0.3, -0.25) is 14.7 Å².